The molecule has 2 heterocycles. The van der Waals surface area contributed by atoms with Crippen LogP contribution in [-0.2, 0) is 16.0 Å². The van der Waals surface area contributed by atoms with Crippen molar-refractivity contribution in [2.24, 2.45) is 0 Å². The fraction of sp³-hybridized carbons (Fsp3) is 0.381. The molecule has 0 spiro atoms. The first kappa shape index (κ1) is 19.7. The van der Waals surface area contributed by atoms with E-state index in [0.29, 0.717) is 19.5 Å². The molecule has 1 fully saturated rings. The lowest BCUT2D eigenvalue weighted by Gasteiger charge is -2.34. The molecule has 3 amide bonds. The number of hydrogen-bond donors (Lipinski definition) is 2. The molecule has 2 aromatic rings. The van der Waals surface area contributed by atoms with Gasteiger partial charge in [0.15, 0.2) is 5.76 Å². The Kier molecular flexibility index (Phi) is 6.84. The molecule has 148 valence electrons. The maximum atomic E-state index is 12.6. The van der Waals surface area contributed by atoms with Crippen LogP contribution >= 0.6 is 0 Å². The Hall–Kier alpha value is -3.09. The molecular formula is C21H25N3O4. The highest BCUT2D eigenvalue weighted by Crippen LogP contribution is 2.20. The SMILES string of the molecule is O=C(CNC(=O)C1CCCCN1C(=O)c1ccco1)NCCc1ccccc1. The van der Waals surface area contributed by atoms with Gasteiger partial charge >= 0.3 is 0 Å². The molecule has 1 aliphatic rings. The summed E-state index contributed by atoms with van der Waals surface area (Å²) in [5, 5.41) is 5.45. The molecular weight excluding hydrogens is 358 g/mol. The number of benzene rings is 1. The van der Waals surface area contributed by atoms with E-state index in [1.54, 1.807) is 12.1 Å². The van der Waals surface area contributed by atoms with Crippen molar-refractivity contribution in [3.05, 3.63) is 60.1 Å². The Labute approximate surface area is 164 Å². The van der Waals surface area contributed by atoms with Gasteiger partial charge in [-0.15, -0.1) is 0 Å². The standard InChI is InChI=1S/C21H25N3O4/c25-19(22-12-11-16-7-2-1-3-8-16)15-23-20(26)17-9-4-5-13-24(17)21(27)18-10-6-14-28-18/h1-3,6-8,10,14,17H,4-5,9,11-13,15H2,(H,22,25)(H,23,26). The van der Waals surface area contributed by atoms with E-state index in [0.717, 1.165) is 24.8 Å². The van der Waals surface area contributed by atoms with Crippen LogP contribution in [0.5, 0.6) is 0 Å². The van der Waals surface area contributed by atoms with E-state index in [4.69, 9.17) is 4.42 Å². The van der Waals surface area contributed by atoms with E-state index in [-0.39, 0.29) is 30.0 Å². The van der Waals surface area contributed by atoms with Crippen molar-refractivity contribution in [3.63, 3.8) is 0 Å². The number of rotatable bonds is 7. The highest BCUT2D eigenvalue weighted by atomic mass is 16.3. The van der Waals surface area contributed by atoms with Crippen molar-refractivity contribution in [1.82, 2.24) is 15.5 Å². The van der Waals surface area contributed by atoms with Crippen LogP contribution < -0.4 is 10.6 Å². The van der Waals surface area contributed by atoms with Gasteiger partial charge in [-0.2, -0.15) is 0 Å². The van der Waals surface area contributed by atoms with E-state index >= 15 is 0 Å². The van der Waals surface area contributed by atoms with E-state index in [1.807, 2.05) is 30.3 Å². The summed E-state index contributed by atoms with van der Waals surface area (Å²) in [5.74, 6) is -0.627. The molecule has 1 atom stereocenters. The van der Waals surface area contributed by atoms with Gasteiger partial charge in [0.05, 0.1) is 12.8 Å². The van der Waals surface area contributed by atoms with Crippen molar-refractivity contribution < 1.29 is 18.8 Å². The number of hydrogen-bond acceptors (Lipinski definition) is 4. The van der Waals surface area contributed by atoms with Crippen LogP contribution in [0, 0.1) is 0 Å². The van der Waals surface area contributed by atoms with Crippen LogP contribution in [0.1, 0.15) is 35.4 Å². The third kappa shape index (κ3) is 5.22. The van der Waals surface area contributed by atoms with Gasteiger partial charge in [0.25, 0.3) is 5.91 Å². The Balaban J connectivity index is 1.46. The average molecular weight is 383 g/mol. The van der Waals surface area contributed by atoms with Crippen LogP contribution in [0.25, 0.3) is 0 Å². The summed E-state index contributed by atoms with van der Waals surface area (Å²) in [6, 6.07) is 12.5. The molecule has 1 unspecified atom stereocenters. The van der Waals surface area contributed by atoms with Gasteiger partial charge in [-0.05, 0) is 43.4 Å². The fourth-order valence-corrected chi connectivity index (χ4v) is 3.33. The van der Waals surface area contributed by atoms with Gasteiger partial charge in [-0.1, -0.05) is 30.3 Å². The Morgan fingerprint density at radius 3 is 2.61 bits per heavy atom. The van der Waals surface area contributed by atoms with Crippen molar-refractivity contribution in [2.45, 2.75) is 31.7 Å². The normalized spacial score (nSPS) is 16.4. The van der Waals surface area contributed by atoms with E-state index in [9.17, 15) is 14.4 Å². The molecule has 7 heteroatoms. The second-order valence-electron chi connectivity index (χ2n) is 6.79. The second-order valence-corrected chi connectivity index (χ2v) is 6.79. The van der Waals surface area contributed by atoms with Gasteiger partial charge in [0.1, 0.15) is 6.04 Å². The predicted octanol–water partition coefficient (Wildman–Crippen LogP) is 1.75. The first-order chi connectivity index (χ1) is 13.6. The Morgan fingerprint density at radius 2 is 1.86 bits per heavy atom. The largest absolute Gasteiger partial charge is 0.459 e. The molecule has 3 rings (SSSR count). The average Bonchev–Trinajstić information content (AvgIpc) is 3.27. The minimum atomic E-state index is -0.580. The summed E-state index contributed by atoms with van der Waals surface area (Å²) in [7, 11) is 0. The number of furan rings is 1. The number of carbonyl (C=O) groups is 3. The number of likely N-dealkylation sites (tertiary alicyclic amines) is 1. The summed E-state index contributed by atoms with van der Waals surface area (Å²) >= 11 is 0. The summed E-state index contributed by atoms with van der Waals surface area (Å²) in [6.07, 6.45) is 4.45. The number of carbonyl (C=O) groups excluding carboxylic acids is 3. The zero-order valence-electron chi connectivity index (χ0n) is 15.7. The number of piperidine rings is 1. The first-order valence-electron chi connectivity index (χ1n) is 9.58. The van der Waals surface area contributed by atoms with Crippen molar-refractivity contribution >= 4 is 17.7 Å². The Bertz CT molecular complexity index is 789. The van der Waals surface area contributed by atoms with E-state index < -0.39 is 6.04 Å². The summed E-state index contributed by atoms with van der Waals surface area (Å²) in [5.41, 5.74) is 1.14. The molecule has 0 radical (unpaired) electrons. The number of nitrogens with one attached hydrogen (secondary N) is 2. The van der Waals surface area contributed by atoms with Crippen LogP contribution in [0.2, 0.25) is 0 Å². The van der Waals surface area contributed by atoms with Crippen molar-refractivity contribution in [2.75, 3.05) is 19.6 Å². The molecule has 0 bridgehead atoms. The van der Waals surface area contributed by atoms with Gasteiger partial charge in [-0.3, -0.25) is 14.4 Å². The van der Waals surface area contributed by atoms with Crippen molar-refractivity contribution in [1.29, 1.82) is 0 Å². The van der Waals surface area contributed by atoms with Crippen molar-refractivity contribution in [3.8, 4) is 0 Å². The minimum Gasteiger partial charge on any atom is -0.459 e. The maximum absolute atomic E-state index is 12.6. The zero-order chi connectivity index (χ0) is 19.8. The second kappa shape index (κ2) is 9.73. The summed E-state index contributed by atoms with van der Waals surface area (Å²) < 4.78 is 5.17. The lowest BCUT2D eigenvalue weighted by Crippen LogP contribution is -2.53. The van der Waals surface area contributed by atoms with Gasteiger partial charge in [0.2, 0.25) is 11.8 Å². The highest BCUT2D eigenvalue weighted by molar-refractivity contribution is 5.96. The quantitative estimate of drug-likeness (QED) is 0.762. The van der Waals surface area contributed by atoms with Crippen LogP contribution in [0.15, 0.2) is 53.1 Å². The Morgan fingerprint density at radius 1 is 1.04 bits per heavy atom. The number of nitrogens with zero attached hydrogens (tertiary/aromatic N) is 1. The third-order valence-corrected chi connectivity index (χ3v) is 4.80. The molecule has 1 aliphatic heterocycles. The molecule has 28 heavy (non-hydrogen) atoms. The molecule has 2 N–H and O–H groups in total. The lowest BCUT2D eigenvalue weighted by atomic mass is 10.0. The fourth-order valence-electron chi connectivity index (χ4n) is 3.33. The van der Waals surface area contributed by atoms with Crippen LogP contribution in [-0.4, -0.2) is 48.3 Å². The maximum Gasteiger partial charge on any atom is 0.290 e. The zero-order valence-corrected chi connectivity index (χ0v) is 15.7. The number of amides is 3. The third-order valence-electron chi connectivity index (χ3n) is 4.80. The molecule has 7 nitrogen and oxygen atoms in total. The molecule has 1 aromatic carbocycles. The molecule has 1 saturated heterocycles. The van der Waals surface area contributed by atoms with Gasteiger partial charge in [0, 0.05) is 13.1 Å². The van der Waals surface area contributed by atoms with Crippen LogP contribution in [0.4, 0.5) is 0 Å². The highest BCUT2D eigenvalue weighted by Gasteiger charge is 2.33. The smallest absolute Gasteiger partial charge is 0.290 e. The summed E-state index contributed by atoms with van der Waals surface area (Å²) in [6.45, 7) is 0.902. The molecule has 0 aliphatic carbocycles. The minimum absolute atomic E-state index is 0.104. The van der Waals surface area contributed by atoms with Gasteiger partial charge in [-0.25, -0.2) is 0 Å². The van der Waals surface area contributed by atoms with E-state index in [2.05, 4.69) is 10.6 Å². The monoisotopic (exact) mass is 383 g/mol. The van der Waals surface area contributed by atoms with Gasteiger partial charge < -0.3 is 20.0 Å². The van der Waals surface area contributed by atoms with E-state index in [1.165, 1.54) is 11.2 Å². The summed E-state index contributed by atoms with van der Waals surface area (Å²) in [4.78, 5) is 38.7. The first-order valence-corrected chi connectivity index (χ1v) is 9.58. The predicted molar refractivity (Wildman–Crippen MR) is 104 cm³/mol. The topological polar surface area (TPSA) is 91.7 Å². The molecule has 0 saturated carbocycles. The lowest BCUT2D eigenvalue weighted by molar-refractivity contribution is -0.129. The molecule has 1 aromatic heterocycles. The van der Waals surface area contributed by atoms with Crippen LogP contribution in [0.3, 0.4) is 0 Å².